The van der Waals surface area contributed by atoms with Gasteiger partial charge >= 0.3 is 0 Å². The van der Waals surface area contributed by atoms with Gasteiger partial charge in [-0.3, -0.25) is 9.59 Å². The lowest BCUT2D eigenvalue weighted by atomic mass is 9.86. The van der Waals surface area contributed by atoms with Crippen LogP contribution in [0.2, 0.25) is 0 Å². The monoisotopic (exact) mass is 414 g/mol. The van der Waals surface area contributed by atoms with Crippen LogP contribution in [0.4, 0.5) is 0 Å². The van der Waals surface area contributed by atoms with Gasteiger partial charge in [-0.1, -0.05) is 54.1 Å². The Hall–Kier alpha value is -3.86. The summed E-state index contributed by atoms with van der Waals surface area (Å²) in [5.41, 5.74) is 2.73. The molecule has 1 N–H and O–H groups in total. The molecule has 0 aromatic heterocycles. The topological polar surface area (TPSA) is 72.8 Å². The van der Waals surface area contributed by atoms with Gasteiger partial charge in [-0.25, -0.2) is 0 Å². The maximum absolute atomic E-state index is 12.5. The fourth-order valence-corrected chi connectivity index (χ4v) is 3.44. The van der Waals surface area contributed by atoms with Gasteiger partial charge in [0.15, 0.2) is 0 Å². The van der Waals surface area contributed by atoms with E-state index in [1.807, 2.05) is 43.3 Å². The average molecular weight is 414 g/mol. The Balaban J connectivity index is 1.37. The lowest BCUT2D eigenvalue weighted by Gasteiger charge is -2.17. The molecule has 5 heteroatoms. The van der Waals surface area contributed by atoms with Gasteiger partial charge in [-0.2, -0.15) is 0 Å². The minimum atomic E-state index is -0.662. The quantitative estimate of drug-likeness (QED) is 0.447. The van der Waals surface area contributed by atoms with E-state index in [1.165, 1.54) is 5.56 Å². The first-order chi connectivity index (χ1) is 15.0. The van der Waals surface area contributed by atoms with Crippen molar-refractivity contribution < 1.29 is 24.2 Å². The van der Waals surface area contributed by atoms with E-state index in [0.29, 0.717) is 24.5 Å². The molecule has 4 rings (SSSR count). The zero-order chi connectivity index (χ0) is 21.8. The SMILES string of the molecule is Cc1ccc(OCCOc2ccc(CC3=C(O)c4ccccc4C(=O)C3=O)cc2)cc1. The van der Waals surface area contributed by atoms with Crippen molar-refractivity contribution in [1.82, 2.24) is 0 Å². The highest BCUT2D eigenvalue weighted by Gasteiger charge is 2.32. The van der Waals surface area contributed by atoms with E-state index in [4.69, 9.17) is 9.47 Å². The van der Waals surface area contributed by atoms with E-state index in [2.05, 4.69) is 0 Å². The minimum Gasteiger partial charge on any atom is -0.507 e. The van der Waals surface area contributed by atoms with E-state index < -0.39 is 11.6 Å². The molecule has 0 atom stereocenters. The second-order valence-electron chi connectivity index (χ2n) is 7.36. The number of hydrogen-bond donors (Lipinski definition) is 1. The number of benzene rings is 3. The summed E-state index contributed by atoms with van der Waals surface area (Å²) in [6, 6.07) is 21.6. The summed E-state index contributed by atoms with van der Waals surface area (Å²) in [6.45, 7) is 2.83. The number of fused-ring (bicyclic) bond motifs is 1. The van der Waals surface area contributed by atoms with Crippen molar-refractivity contribution in [1.29, 1.82) is 0 Å². The number of carbonyl (C=O) groups excluding carboxylic acids is 2. The van der Waals surface area contributed by atoms with Crippen LogP contribution in [0.15, 0.2) is 78.4 Å². The Kier molecular flexibility index (Phi) is 5.85. The second-order valence-corrected chi connectivity index (χ2v) is 7.36. The molecule has 1 aliphatic rings. The van der Waals surface area contributed by atoms with E-state index >= 15 is 0 Å². The molecule has 0 bridgehead atoms. The molecule has 0 spiro atoms. The number of allylic oxidation sites excluding steroid dienone is 1. The largest absolute Gasteiger partial charge is 0.507 e. The number of ketones is 2. The molecular weight excluding hydrogens is 392 g/mol. The highest BCUT2D eigenvalue weighted by atomic mass is 16.5. The summed E-state index contributed by atoms with van der Waals surface area (Å²) in [5.74, 6) is 0.0900. The third-order valence-electron chi connectivity index (χ3n) is 5.14. The van der Waals surface area contributed by atoms with Crippen molar-refractivity contribution in [2.45, 2.75) is 13.3 Å². The number of hydrogen-bond acceptors (Lipinski definition) is 5. The molecule has 3 aromatic carbocycles. The molecule has 0 unspecified atom stereocenters. The first-order valence-electron chi connectivity index (χ1n) is 10.0. The third kappa shape index (κ3) is 4.51. The smallest absolute Gasteiger partial charge is 0.234 e. The molecule has 156 valence electrons. The van der Waals surface area contributed by atoms with Crippen LogP contribution in [0.25, 0.3) is 5.76 Å². The van der Waals surface area contributed by atoms with Crippen molar-refractivity contribution in [3.63, 3.8) is 0 Å². The maximum atomic E-state index is 12.5. The predicted octanol–water partition coefficient (Wildman–Crippen LogP) is 4.73. The van der Waals surface area contributed by atoms with Crippen LogP contribution < -0.4 is 9.47 Å². The lowest BCUT2D eigenvalue weighted by Crippen LogP contribution is -2.25. The van der Waals surface area contributed by atoms with Gasteiger partial charge in [0.1, 0.15) is 30.5 Å². The number of aliphatic hydroxyl groups is 1. The van der Waals surface area contributed by atoms with Crippen LogP contribution in [-0.4, -0.2) is 29.9 Å². The third-order valence-corrected chi connectivity index (χ3v) is 5.14. The van der Waals surface area contributed by atoms with Gasteiger partial charge in [0, 0.05) is 17.5 Å². The van der Waals surface area contributed by atoms with Gasteiger partial charge in [-0.15, -0.1) is 0 Å². The summed E-state index contributed by atoms with van der Waals surface area (Å²) in [6.07, 6.45) is 0.168. The predicted molar refractivity (Wildman–Crippen MR) is 118 cm³/mol. The Morgan fingerprint density at radius 1 is 0.710 bits per heavy atom. The van der Waals surface area contributed by atoms with Crippen molar-refractivity contribution in [2.75, 3.05) is 13.2 Å². The van der Waals surface area contributed by atoms with Crippen LogP contribution in [0.5, 0.6) is 11.5 Å². The highest BCUT2D eigenvalue weighted by Crippen LogP contribution is 2.29. The zero-order valence-corrected chi connectivity index (χ0v) is 17.1. The average Bonchev–Trinajstić information content (AvgIpc) is 2.80. The summed E-state index contributed by atoms with van der Waals surface area (Å²) in [4.78, 5) is 24.8. The number of ether oxygens (including phenoxy) is 2. The molecule has 31 heavy (non-hydrogen) atoms. The number of Topliss-reactive ketones (excluding diaryl/α,β-unsaturated/α-hetero) is 2. The van der Waals surface area contributed by atoms with Crippen LogP contribution in [0.1, 0.15) is 27.0 Å². The molecule has 0 radical (unpaired) electrons. The summed E-state index contributed by atoms with van der Waals surface area (Å²) in [5, 5.41) is 10.5. The van der Waals surface area contributed by atoms with Crippen molar-refractivity contribution in [3.05, 3.63) is 101 Å². The number of rotatable bonds is 7. The molecule has 0 fully saturated rings. The Morgan fingerprint density at radius 2 is 1.26 bits per heavy atom. The first-order valence-corrected chi connectivity index (χ1v) is 10.0. The Bertz CT molecular complexity index is 1140. The van der Waals surface area contributed by atoms with Crippen molar-refractivity contribution >= 4 is 17.3 Å². The van der Waals surface area contributed by atoms with E-state index in [1.54, 1.807) is 36.4 Å². The second kappa shape index (κ2) is 8.88. The summed E-state index contributed by atoms with van der Waals surface area (Å²) >= 11 is 0. The Labute approximate surface area is 180 Å². The van der Waals surface area contributed by atoms with Crippen LogP contribution in [0, 0.1) is 6.92 Å². The van der Waals surface area contributed by atoms with E-state index in [9.17, 15) is 14.7 Å². The van der Waals surface area contributed by atoms with Gasteiger partial charge in [0.05, 0.1) is 5.57 Å². The molecule has 1 aliphatic carbocycles. The van der Waals surface area contributed by atoms with Crippen LogP contribution in [0.3, 0.4) is 0 Å². The molecule has 5 nitrogen and oxygen atoms in total. The van der Waals surface area contributed by atoms with Crippen molar-refractivity contribution in [3.8, 4) is 11.5 Å². The van der Waals surface area contributed by atoms with Gasteiger partial charge in [0.25, 0.3) is 0 Å². The zero-order valence-electron chi connectivity index (χ0n) is 17.1. The molecule has 0 aliphatic heterocycles. The molecular formula is C26H22O5. The first kappa shape index (κ1) is 20.4. The van der Waals surface area contributed by atoms with Gasteiger partial charge in [0.2, 0.25) is 11.6 Å². The summed E-state index contributed by atoms with van der Waals surface area (Å²) in [7, 11) is 0. The number of aryl methyl sites for hydroxylation is 1. The van der Waals surface area contributed by atoms with E-state index in [0.717, 1.165) is 11.3 Å². The lowest BCUT2D eigenvalue weighted by molar-refractivity contribution is -0.112. The number of carbonyl (C=O) groups is 2. The molecule has 0 amide bonds. The molecule has 0 saturated heterocycles. The number of aliphatic hydroxyl groups excluding tert-OH is 1. The van der Waals surface area contributed by atoms with Crippen LogP contribution >= 0.6 is 0 Å². The minimum absolute atomic E-state index is 0.115. The standard InChI is InChI=1S/C26H22O5/c1-17-6-10-19(11-7-17)30-14-15-31-20-12-8-18(9-13-20)16-23-24(27)21-4-2-3-5-22(21)25(28)26(23)29/h2-13,27H,14-16H2,1H3. The van der Waals surface area contributed by atoms with Gasteiger partial charge < -0.3 is 14.6 Å². The van der Waals surface area contributed by atoms with E-state index in [-0.39, 0.29) is 23.3 Å². The highest BCUT2D eigenvalue weighted by molar-refractivity contribution is 6.52. The summed E-state index contributed by atoms with van der Waals surface area (Å²) < 4.78 is 11.3. The molecule has 0 saturated carbocycles. The Morgan fingerprint density at radius 3 is 1.87 bits per heavy atom. The van der Waals surface area contributed by atoms with Crippen LogP contribution in [-0.2, 0) is 11.2 Å². The fourth-order valence-electron chi connectivity index (χ4n) is 3.44. The molecule has 0 heterocycles. The normalized spacial score (nSPS) is 13.2. The fraction of sp³-hybridized carbons (Fsp3) is 0.154. The molecule has 3 aromatic rings. The maximum Gasteiger partial charge on any atom is 0.234 e. The van der Waals surface area contributed by atoms with Gasteiger partial charge in [-0.05, 0) is 36.8 Å². The van der Waals surface area contributed by atoms with Crippen molar-refractivity contribution in [2.24, 2.45) is 0 Å².